The Morgan fingerprint density at radius 3 is 1.54 bits per heavy atom. The average molecular weight is 657 g/mol. The maximum atomic E-state index is 12.1. The van der Waals surface area contributed by atoms with Crippen LogP contribution in [0.1, 0.15) is 64.9 Å². The molecule has 0 fully saturated rings. The van der Waals surface area contributed by atoms with E-state index in [1.165, 1.54) is 0 Å². The number of ether oxygens (including phenoxy) is 3. The summed E-state index contributed by atoms with van der Waals surface area (Å²) in [5.41, 5.74) is 4.56. The topological polar surface area (TPSA) is 63.2 Å². The highest BCUT2D eigenvalue weighted by molar-refractivity contribution is 5.89. The zero-order valence-corrected chi connectivity index (χ0v) is 30.0. The minimum absolute atomic E-state index is 0.328. The van der Waals surface area contributed by atoms with Gasteiger partial charge in [0.15, 0.2) is 0 Å². The highest BCUT2D eigenvalue weighted by Crippen LogP contribution is 2.29. The van der Waals surface area contributed by atoms with Crippen LogP contribution in [-0.4, -0.2) is 96.7 Å². The summed E-state index contributed by atoms with van der Waals surface area (Å²) >= 11 is 0. The highest BCUT2D eigenvalue weighted by Gasteiger charge is 2.14. The first-order valence-electron chi connectivity index (χ1n) is 16.6. The van der Waals surface area contributed by atoms with Gasteiger partial charge in [-0.25, -0.2) is 14.6 Å². The molecule has 0 bridgehead atoms. The summed E-state index contributed by atoms with van der Waals surface area (Å²) in [5, 5.41) is 0. The fraction of sp³-hybridized carbons (Fsp3) is 0.425. The summed E-state index contributed by atoms with van der Waals surface area (Å²) in [7, 11) is 13.0. The molecule has 0 aromatic heterocycles. The number of hydrogen-bond acceptors (Lipinski definition) is 6. The standard InChI is InChI=1S/C40H52N2O6/c1-9-44-40(43)35-21-17-33(18-22-35)20-24-37-30-38(45-27-11-25-41(3,4)5)36(29-39(37)46-28-12-26-42(6,7)8)23-19-32-13-15-34(16-14-32)31-48-47-10-2/h13-18,21-22,29-30H,9-12,25-28,31H2,1-8H3/q+2. The number of carbonyl (C=O) groups is 1. The molecule has 8 nitrogen and oxygen atoms in total. The number of quaternary nitrogens is 2. The van der Waals surface area contributed by atoms with Crippen molar-refractivity contribution in [3.8, 4) is 35.2 Å². The number of carbonyl (C=O) groups excluding carboxylic acids is 1. The largest absolute Gasteiger partial charge is 0.492 e. The van der Waals surface area contributed by atoms with Crippen LogP contribution in [0.5, 0.6) is 11.5 Å². The fourth-order valence-corrected chi connectivity index (χ4v) is 4.50. The lowest BCUT2D eigenvalue weighted by Gasteiger charge is -2.24. The molecule has 0 amide bonds. The molecule has 0 aliphatic rings. The second kappa shape index (κ2) is 18.9. The van der Waals surface area contributed by atoms with Crippen LogP contribution in [0.25, 0.3) is 0 Å². The SMILES string of the molecule is CCOOCc1ccc(C#Cc2cc(OCCC[N+](C)(C)C)c(C#Cc3ccc(C(=O)OCC)cc3)cc2OCCC[N+](C)(C)C)cc1. The van der Waals surface area contributed by atoms with Gasteiger partial charge in [0.25, 0.3) is 0 Å². The van der Waals surface area contributed by atoms with Crippen LogP contribution in [0.4, 0.5) is 0 Å². The van der Waals surface area contributed by atoms with Gasteiger partial charge >= 0.3 is 5.97 Å². The van der Waals surface area contributed by atoms with Gasteiger partial charge in [0.1, 0.15) is 18.1 Å². The molecule has 0 spiro atoms. The van der Waals surface area contributed by atoms with E-state index in [1.54, 1.807) is 19.1 Å². The number of benzene rings is 3. The van der Waals surface area contributed by atoms with Gasteiger partial charge in [0.05, 0.1) is 98.5 Å². The van der Waals surface area contributed by atoms with E-state index in [2.05, 4.69) is 66.0 Å². The summed E-state index contributed by atoms with van der Waals surface area (Å²) < 4.78 is 19.5. The van der Waals surface area contributed by atoms with E-state index in [0.717, 1.165) is 57.2 Å². The van der Waals surface area contributed by atoms with E-state index in [0.29, 0.717) is 55.7 Å². The van der Waals surface area contributed by atoms with Crippen molar-refractivity contribution >= 4 is 5.97 Å². The first-order chi connectivity index (χ1) is 22.9. The molecular formula is C40H52N2O6+2. The second-order valence-corrected chi connectivity index (χ2v) is 13.4. The van der Waals surface area contributed by atoms with Crippen molar-refractivity contribution in [2.45, 2.75) is 33.3 Å². The summed E-state index contributed by atoms with van der Waals surface area (Å²) in [5.74, 6) is 14.1. The molecule has 0 radical (unpaired) electrons. The first-order valence-corrected chi connectivity index (χ1v) is 16.6. The van der Waals surface area contributed by atoms with Crippen LogP contribution < -0.4 is 9.47 Å². The molecule has 3 rings (SSSR count). The predicted molar refractivity (Wildman–Crippen MR) is 190 cm³/mol. The maximum Gasteiger partial charge on any atom is 0.338 e. The van der Waals surface area contributed by atoms with Crippen LogP contribution in [0.3, 0.4) is 0 Å². The molecule has 256 valence electrons. The second-order valence-electron chi connectivity index (χ2n) is 13.4. The first kappa shape index (κ1) is 38.1. The molecule has 8 heteroatoms. The molecule has 48 heavy (non-hydrogen) atoms. The zero-order valence-electron chi connectivity index (χ0n) is 30.0. The van der Waals surface area contributed by atoms with Crippen molar-refractivity contribution in [1.29, 1.82) is 0 Å². The molecule has 0 saturated heterocycles. The molecule has 0 unspecified atom stereocenters. The Bertz CT molecular complexity index is 1580. The van der Waals surface area contributed by atoms with E-state index < -0.39 is 0 Å². The summed E-state index contributed by atoms with van der Waals surface area (Å²) in [4.78, 5) is 22.3. The van der Waals surface area contributed by atoms with Crippen molar-refractivity contribution in [2.24, 2.45) is 0 Å². The van der Waals surface area contributed by atoms with Crippen molar-refractivity contribution in [3.05, 3.63) is 94.0 Å². The molecule has 0 N–H and O–H groups in total. The molecule has 0 heterocycles. The lowest BCUT2D eigenvalue weighted by molar-refractivity contribution is -0.870. The Balaban J connectivity index is 1.97. The molecule has 0 aliphatic carbocycles. The zero-order chi connectivity index (χ0) is 35.0. The van der Waals surface area contributed by atoms with Crippen LogP contribution in [0.15, 0.2) is 60.7 Å². The van der Waals surface area contributed by atoms with Crippen molar-refractivity contribution < 1.29 is 37.7 Å². The Morgan fingerprint density at radius 1 is 0.625 bits per heavy atom. The lowest BCUT2D eigenvalue weighted by Crippen LogP contribution is -2.36. The summed E-state index contributed by atoms with van der Waals surface area (Å²) in [6.07, 6.45) is 1.77. The molecular weight excluding hydrogens is 604 g/mol. The lowest BCUT2D eigenvalue weighted by atomic mass is 10.1. The van der Waals surface area contributed by atoms with Gasteiger partial charge in [0.2, 0.25) is 0 Å². The van der Waals surface area contributed by atoms with Gasteiger partial charge in [-0.1, -0.05) is 35.8 Å². The van der Waals surface area contributed by atoms with Gasteiger partial charge < -0.3 is 23.2 Å². The van der Waals surface area contributed by atoms with E-state index in [-0.39, 0.29) is 5.97 Å². The Hall–Kier alpha value is -4.31. The van der Waals surface area contributed by atoms with Crippen molar-refractivity contribution in [2.75, 3.05) is 81.8 Å². The monoisotopic (exact) mass is 656 g/mol. The third kappa shape index (κ3) is 14.2. The third-order valence-electron chi connectivity index (χ3n) is 7.00. The van der Waals surface area contributed by atoms with E-state index >= 15 is 0 Å². The van der Waals surface area contributed by atoms with Gasteiger partial charge in [0, 0.05) is 36.1 Å². The number of nitrogens with zero attached hydrogens (tertiary/aromatic N) is 2. The molecule has 0 aliphatic heterocycles. The van der Waals surface area contributed by atoms with Crippen LogP contribution in [0.2, 0.25) is 0 Å². The van der Waals surface area contributed by atoms with Gasteiger partial charge in [-0.05, 0) is 55.8 Å². The van der Waals surface area contributed by atoms with Crippen LogP contribution >= 0.6 is 0 Å². The third-order valence-corrected chi connectivity index (χ3v) is 7.00. The van der Waals surface area contributed by atoms with Crippen molar-refractivity contribution in [1.82, 2.24) is 0 Å². The van der Waals surface area contributed by atoms with Gasteiger partial charge in [-0.15, -0.1) is 0 Å². The van der Waals surface area contributed by atoms with Gasteiger partial charge in [-0.2, -0.15) is 0 Å². The van der Waals surface area contributed by atoms with Crippen LogP contribution in [-0.2, 0) is 21.1 Å². The average Bonchev–Trinajstić information content (AvgIpc) is 3.04. The van der Waals surface area contributed by atoms with Crippen molar-refractivity contribution in [3.63, 3.8) is 0 Å². The Kier molecular flexibility index (Phi) is 15.0. The number of hydrogen-bond donors (Lipinski definition) is 0. The number of rotatable bonds is 16. The normalized spacial score (nSPS) is 11.2. The van der Waals surface area contributed by atoms with Crippen LogP contribution in [0, 0.1) is 23.7 Å². The molecule has 0 saturated carbocycles. The quantitative estimate of drug-likeness (QED) is 0.0465. The van der Waals surface area contributed by atoms with E-state index in [4.69, 9.17) is 24.0 Å². The minimum Gasteiger partial charge on any atom is -0.492 e. The Labute approximate surface area is 287 Å². The predicted octanol–water partition coefficient (Wildman–Crippen LogP) is 6.08. The van der Waals surface area contributed by atoms with E-state index in [1.807, 2.05) is 55.5 Å². The molecule has 3 aromatic carbocycles. The highest BCUT2D eigenvalue weighted by atomic mass is 17.2. The van der Waals surface area contributed by atoms with Gasteiger partial charge in [-0.3, -0.25) is 0 Å². The Morgan fingerprint density at radius 2 is 1.10 bits per heavy atom. The fourth-order valence-electron chi connectivity index (χ4n) is 4.50. The smallest absolute Gasteiger partial charge is 0.338 e. The molecule has 3 aromatic rings. The maximum absolute atomic E-state index is 12.1. The van der Waals surface area contributed by atoms with E-state index in [9.17, 15) is 4.79 Å². The number of esters is 1. The molecule has 0 atom stereocenters. The summed E-state index contributed by atoms with van der Waals surface area (Å²) in [6.45, 7) is 7.91. The summed E-state index contributed by atoms with van der Waals surface area (Å²) in [6, 6.07) is 18.8. The minimum atomic E-state index is -0.350.